The first-order chi connectivity index (χ1) is 12.0. The Bertz CT molecular complexity index is 548. The molecule has 0 aliphatic heterocycles. The highest BCUT2D eigenvalue weighted by atomic mass is 13.9. The molecule has 0 aromatic rings. The molecule has 0 heteroatoms. The molecule has 56 valence electrons. The fraction of sp³-hybridized carbons (Fsp3) is 1.00. The molecule has 0 rings (SSSR count). The molecule has 0 aromatic heterocycles. The zero-order valence-electron chi connectivity index (χ0n) is 24.5. The molecule has 0 nitrogen and oxygen atoms in total. The van der Waals surface area contributed by atoms with Gasteiger partial charge in [-0.15, -0.1) is 0 Å². The van der Waals surface area contributed by atoms with Gasteiger partial charge in [-0.05, 0) is 0 Å². The molecule has 0 fully saturated rings. The Hall–Kier alpha value is 0. The molecule has 0 heterocycles. The van der Waals surface area contributed by atoms with E-state index in [0.29, 0.717) is 0 Å². The SMILES string of the molecule is [2H]C([2H])([2H])C([2H])([2H])C([2H])([2H])C([2H])([2H])C([2H])([2H])C([2H])([2H])C([2H])([2H])C([2H])([2H])C([2H])([2H])[2H]. The van der Waals surface area contributed by atoms with Gasteiger partial charge in [0.2, 0.25) is 0 Å². The topological polar surface area (TPSA) is 0 Å². The fourth-order valence-electron chi connectivity index (χ4n) is 0.156. The van der Waals surface area contributed by atoms with E-state index in [9.17, 15) is 0 Å². The Morgan fingerprint density at radius 3 is 1.78 bits per heavy atom. The monoisotopic (exact) mass is 148 g/mol. The van der Waals surface area contributed by atoms with Gasteiger partial charge in [0.05, 0.1) is 0 Å². The summed E-state index contributed by atoms with van der Waals surface area (Å²) in [6.45, 7) is -7.70. The van der Waals surface area contributed by atoms with E-state index in [0.717, 1.165) is 0 Å². The predicted octanol–water partition coefficient (Wildman–Crippen LogP) is 3.76. The Morgan fingerprint density at radius 1 is 0.889 bits per heavy atom. The van der Waals surface area contributed by atoms with Crippen molar-refractivity contribution >= 4 is 0 Å². The molecule has 0 bridgehead atoms. The largest absolute Gasteiger partial charge is 0.0654 e. The van der Waals surface area contributed by atoms with E-state index in [4.69, 9.17) is 27.4 Å². The van der Waals surface area contributed by atoms with Crippen LogP contribution in [0.1, 0.15) is 85.7 Å². The molecule has 0 aliphatic rings. The van der Waals surface area contributed by atoms with Crippen LogP contribution in [0.3, 0.4) is 0 Å². The lowest BCUT2D eigenvalue weighted by Crippen LogP contribution is -1.76. The third-order valence-corrected chi connectivity index (χ3v) is 0.375. The van der Waals surface area contributed by atoms with E-state index < -0.39 is 58.3 Å². The van der Waals surface area contributed by atoms with Crippen LogP contribution in [-0.2, 0) is 0 Å². The van der Waals surface area contributed by atoms with E-state index >= 15 is 0 Å². The summed E-state index contributed by atoms with van der Waals surface area (Å²) in [5.74, 6) is 0. The predicted molar refractivity (Wildman–Crippen MR) is 43.7 cm³/mol. The van der Waals surface area contributed by atoms with Gasteiger partial charge in [0.25, 0.3) is 0 Å². The summed E-state index contributed by atoms with van der Waals surface area (Å²) in [7, 11) is 0. The normalized spacial score (nSPS) is 56.9. The van der Waals surface area contributed by atoms with Gasteiger partial charge in [-0.2, -0.15) is 0 Å². The molecule has 0 saturated carbocycles. The summed E-state index contributed by atoms with van der Waals surface area (Å²) in [4.78, 5) is 0. The number of rotatable bonds is 6. The quantitative estimate of drug-likeness (QED) is 0.538. The molecule has 0 N–H and O–H groups in total. The van der Waals surface area contributed by atoms with Gasteiger partial charge >= 0.3 is 0 Å². The first-order valence-corrected chi connectivity index (χ1v) is 2.00. The Labute approximate surface area is 87.8 Å². The lowest BCUT2D eigenvalue weighted by Gasteiger charge is -1.96. The lowest BCUT2D eigenvalue weighted by molar-refractivity contribution is 0.602. The van der Waals surface area contributed by atoms with Crippen LogP contribution < -0.4 is 0 Å². The van der Waals surface area contributed by atoms with Crippen molar-refractivity contribution in [3.8, 4) is 0 Å². The van der Waals surface area contributed by atoms with E-state index in [2.05, 4.69) is 0 Å². The lowest BCUT2D eigenvalue weighted by atomic mass is 10.1. The Morgan fingerprint density at radius 2 is 1.33 bits per heavy atom. The molecule has 0 spiro atoms. The van der Waals surface area contributed by atoms with Crippen LogP contribution in [0.4, 0.5) is 0 Å². The summed E-state index contributed by atoms with van der Waals surface area (Å²) in [5.41, 5.74) is 0. The second-order valence-corrected chi connectivity index (χ2v) is 0.875. The third kappa shape index (κ3) is 8.00. The van der Waals surface area contributed by atoms with Crippen LogP contribution >= 0.6 is 0 Å². The highest BCUT2D eigenvalue weighted by Crippen LogP contribution is 2.05. The zero-order chi connectivity index (χ0) is 24.5. The van der Waals surface area contributed by atoms with Crippen molar-refractivity contribution in [2.45, 2.75) is 58.3 Å². The van der Waals surface area contributed by atoms with Crippen LogP contribution in [0.15, 0.2) is 0 Å². The maximum atomic E-state index is 7.75. The summed E-state index contributed by atoms with van der Waals surface area (Å²) in [6.07, 6.45) is -30.1. The molecule has 0 aliphatic carbocycles. The minimum absolute atomic E-state index is 3.85. The number of hydrogen-bond acceptors (Lipinski definition) is 0. The molecule has 0 unspecified atom stereocenters. The molecule has 0 atom stereocenters. The van der Waals surface area contributed by atoms with Crippen LogP contribution in [0.2, 0.25) is 0 Å². The smallest absolute Gasteiger partial charge is 0.0267 e. The van der Waals surface area contributed by atoms with Crippen molar-refractivity contribution in [3.63, 3.8) is 0 Å². The van der Waals surface area contributed by atoms with E-state index in [1.807, 2.05) is 0 Å². The summed E-state index contributed by atoms with van der Waals surface area (Å²) in [5, 5.41) is 0. The van der Waals surface area contributed by atoms with Crippen molar-refractivity contribution in [2.75, 3.05) is 0 Å². The molecule has 9 heavy (non-hydrogen) atoms. The number of hydrogen-bond donors (Lipinski definition) is 0. The van der Waals surface area contributed by atoms with Gasteiger partial charge in [0, 0.05) is 27.4 Å². The van der Waals surface area contributed by atoms with Gasteiger partial charge in [0.1, 0.15) is 0 Å². The molecule has 0 radical (unpaired) electrons. The van der Waals surface area contributed by atoms with Gasteiger partial charge < -0.3 is 0 Å². The van der Waals surface area contributed by atoms with Crippen LogP contribution in [-0.4, -0.2) is 0 Å². The van der Waals surface area contributed by atoms with E-state index in [1.54, 1.807) is 0 Å². The first-order valence-electron chi connectivity index (χ1n) is 12.0. The van der Waals surface area contributed by atoms with Crippen molar-refractivity contribution < 1.29 is 27.4 Å². The Balaban J connectivity index is 6.82. The van der Waals surface area contributed by atoms with Crippen LogP contribution in [0, 0.1) is 0 Å². The van der Waals surface area contributed by atoms with Gasteiger partial charge in [-0.25, -0.2) is 0 Å². The van der Waals surface area contributed by atoms with Gasteiger partial charge in [0.15, 0.2) is 0 Å². The first kappa shape index (κ1) is 0.735. The average Bonchev–Trinajstić information content (AvgIpc) is 2.43. The van der Waals surface area contributed by atoms with E-state index in [1.165, 1.54) is 0 Å². The summed E-state index contributed by atoms with van der Waals surface area (Å²) in [6, 6.07) is 0. The van der Waals surface area contributed by atoms with Crippen molar-refractivity contribution in [1.29, 1.82) is 0 Å². The zero-order valence-corrected chi connectivity index (χ0v) is 4.50. The van der Waals surface area contributed by atoms with Crippen LogP contribution in [0.25, 0.3) is 0 Å². The minimum atomic E-state index is -4.45. The Kier molecular flexibility index (Phi) is 0.653. The van der Waals surface area contributed by atoms with Crippen molar-refractivity contribution in [3.05, 3.63) is 0 Å². The standard InChI is InChI=1S/C9H20/c1-3-5-7-9-8-6-4-2/h3-9H2,1-2H3/i1D3,2D3,3D2,4D2,5D2,6D2,7D2,8D2,9D2. The van der Waals surface area contributed by atoms with E-state index in [-0.39, 0.29) is 0 Å². The molecule has 0 aromatic carbocycles. The molecular formula is C9H20. The molecular weight excluding hydrogens is 108 g/mol. The van der Waals surface area contributed by atoms with Gasteiger partial charge in [-0.3, -0.25) is 0 Å². The fourth-order valence-corrected chi connectivity index (χ4v) is 0.156. The third-order valence-electron chi connectivity index (χ3n) is 0.375. The second-order valence-electron chi connectivity index (χ2n) is 0.875. The minimum Gasteiger partial charge on any atom is -0.0654 e. The van der Waals surface area contributed by atoms with Crippen molar-refractivity contribution in [1.82, 2.24) is 0 Å². The van der Waals surface area contributed by atoms with Crippen molar-refractivity contribution in [2.24, 2.45) is 0 Å². The summed E-state index contributed by atoms with van der Waals surface area (Å²) >= 11 is 0. The van der Waals surface area contributed by atoms with Gasteiger partial charge in [-0.1, -0.05) is 58.3 Å². The highest BCUT2D eigenvalue weighted by Gasteiger charge is 1.85. The average molecular weight is 148 g/mol. The van der Waals surface area contributed by atoms with Crippen LogP contribution in [0.5, 0.6) is 0 Å². The maximum Gasteiger partial charge on any atom is 0.0267 e. The highest BCUT2D eigenvalue weighted by molar-refractivity contribution is 4.41. The summed E-state index contributed by atoms with van der Waals surface area (Å²) < 4.78 is 149. The molecule has 0 amide bonds. The molecule has 0 saturated heterocycles. The maximum absolute atomic E-state index is 7.75. The second kappa shape index (κ2) is 8.00.